The molecule has 1 N–H and O–H groups in total. The molecule has 3 aromatic rings. The average Bonchev–Trinajstić information content (AvgIpc) is 3.02. The number of anilines is 1. The molecule has 128 valence electrons. The van der Waals surface area contributed by atoms with Crippen molar-refractivity contribution in [2.24, 2.45) is 0 Å². The van der Waals surface area contributed by atoms with Crippen LogP contribution in [0.2, 0.25) is 0 Å². The Morgan fingerprint density at radius 1 is 1.08 bits per heavy atom. The van der Waals surface area contributed by atoms with Crippen molar-refractivity contribution in [2.45, 2.75) is 19.9 Å². The highest BCUT2D eigenvalue weighted by atomic mass is 16.5. The molecule has 0 saturated heterocycles. The number of carbonyl (C=O) groups excluding carboxylic acids is 2. The van der Waals surface area contributed by atoms with Crippen LogP contribution in [-0.4, -0.2) is 23.4 Å². The number of ketones is 1. The van der Waals surface area contributed by atoms with Crippen molar-refractivity contribution >= 4 is 28.3 Å². The minimum Gasteiger partial charge on any atom is -0.497 e. The Hall–Kier alpha value is -3.08. The molecule has 3 rings (SSSR count). The van der Waals surface area contributed by atoms with E-state index in [1.807, 2.05) is 35.0 Å². The van der Waals surface area contributed by atoms with E-state index >= 15 is 0 Å². The van der Waals surface area contributed by atoms with Gasteiger partial charge < -0.3 is 14.6 Å². The highest BCUT2D eigenvalue weighted by Crippen LogP contribution is 2.22. The summed E-state index contributed by atoms with van der Waals surface area (Å²) in [6, 6.07) is 14.8. The Balaban J connectivity index is 1.61. The molecule has 0 saturated carbocycles. The topological polar surface area (TPSA) is 60.3 Å². The number of rotatable bonds is 6. The fraction of sp³-hybridized carbons (Fsp3) is 0.200. The fourth-order valence-electron chi connectivity index (χ4n) is 2.73. The molecule has 5 heteroatoms. The van der Waals surface area contributed by atoms with Gasteiger partial charge in [-0.1, -0.05) is 0 Å². The molecule has 2 aromatic carbocycles. The van der Waals surface area contributed by atoms with E-state index in [1.165, 1.54) is 6.92 Å². The summed E-state index contributed by atoms with van der Waals surface area (Å²) in [6.07, 6.45) is 2.34. The van der Waals surface area contributed by atoms with Gasteiger partial charge in [0.05, 0.1) is 7.11 Å². The molecule has 25 heavy (non-hydrogen) atoms. The average molecular weight is 336 g/mol. The maximum atomic E-state index is 12.2. The van der Waals surface area contributed by atoms with Gasteiger partial charge in [-0.2, -0.15) is 0 Å². The molecule has 1 heterocycles. The van der Waals surface area contributed by atoms with Crippen LogP contribution in [0.4, 0.5) is 5.69 Å². The molecular formula is C20H20N2O3. The molecule has 1 aromatic heterocycles. The highest BCUT2D eigenvalue weighted by Gasteiger charge is 2.07. The van der Waals surface area contributed by atoms with E-state index in [9.17, 15) is 9.59 Å². The number of methoxy groups -OCH3 is 1. The zero-order valence-corrected chi connectivity index (χ0v) is 14.3. The Morgan fingerprint density at radius 3 is 2.52 bits per heavy atom. The number of hydrogen-bond donors (Lipinski definition) is 1. The number of amides is 1. The van der Waals surface area contributed by atoms with Gasteiger partial charge in [0.2, 0.25) is 5.91 Å². The van der Waals surface area contributed by atoms with Gasteiger partial charge in [-0.05, 0) is 55.5 Å². The maximum absolute atomic E-state index is 12.2. The SMILES string of the molecule is COc1ccc2c(ccn2CCC(=O)Nc2ccc(C(C)=O)cc2)c1. The summed E-state index contributed by atoms with van der Waals surface area (Å²) < 4.78 is 7.27. The summed E-state index contributed by atoms with van der Waals surface area (Å²) in [4.78, 5) is 23.4. The van der Waals surface area contributed by atoms with E-state index in [0.717, 1.165) is 16.7 Å². The summed E-state index contributed by atoms with van der Waals surface area (Å²) in [5.41, 5.74) is 2.39. The van der Waals surface area contributed by atoms with Crippen LogP contribution < -0.4 is 10.1 Å². The van der Waals surface area contributed by atoms with Crippen LogP contribution in [0.25, 0.3) is 10.9 Å². The first-order valence-corrected chi connectivity index (χ1v) is 8.10. The van der Waals surface area contributed by atoms with Gasteiger partial charge in [0.25, 0.3) is 0 Å². The van der Waals surface area contributed by atoms with Crippen molar-refractivity contribution in [1.82, 2.24) is 4.57 Å². The molecular weight excluding hydrogens is 316 g/mol. The largest absolute Gasteiger partial charge is 0.497 e. The minimum absolute atomic E-state index is 0.00833. The summed E-state index contributed by atoms with van der Waals surface area (Å²) in [5, 5.41) is 3.94. The molecule has 0 bridgehead atoms. The zero-order valence-electron chi connectivity index (χ0n) is 14.3. The quantitative estimate of drug-likeness (QED) is 0.695. The number of aryl methyl sites for hydroxylation is 1. The zero-order chi connectivity index (χ0) is 17.8. The molecule has 0 fully saturated rings. The molecule has 0 unspecified atom stereocenters. The normalized spacial score (nSPS) is 10.6. The van der Waals surface area contributed by atoms with Gasteiger partial charge in [-0.3, -0.25) is 9.59 Å². The van der Waals surface area contributed by atoms with Crippen molar-refractivity contribution < 1.29 is 14.3 Å². The van der Waals surface area contributed by atoms with E-state index < -0.39 is 0 Å². The van der Waals surface area contributed by atoms with Crippen molar-refractivity contribution in [3.8, 4) is 5.75 Å². The number of aromatic nitrogens is 1. The molecule has 0 aliphatic heterocycles. The number of benzene rings is 2. The van der Waals surface area contributed by atoms with E-state index in [0.29, 0.717) is 24.2 Å². The van der Waals surface area contributed by atoms with E-state index in [4.69, 9.17) is 4.74 Å². The van der Waals surface area contributed by atoms with Crippen LogP contribution in [0.3, 0.4) is 0 Å². The molecule has 1 amide bonds. The Morgan fingerprint density at radius 2 is 1.84 bits per heavy atom. The second kappa shape index (κ2) is 7.21. The minimum atomic E-state index is -0.0639. The molecule has 0 radical (unpaired) electrons. The number of hydrogen-bond acceptors (Lipinski definition) is 3. The van der Waals surface area contributed by atoms with Gasteiger partial charge in [0.15, 0.2) is 5.78 Å². The van der Waals surface area contributed by atoms with Gasteiger partial charge in [-0.25, -0.2) is 0 Å². The monoisotopic (exact) mass is 336 g/mol. The van der Waals surface area contributed by atoms with Crippen LogP contribution in [0, 0.1) is 0 Å². The lowest BCUT2D eigenvalue weighted by Crippen LogP contribution is -2.14. The lowest BCUT2D eigenvalue weighted by Gasteiger charge is -2.08. The number of Topliss-reactive ketones (excluding diaryl/α,β-unsaturated/α-hetero) is 1. The van der Waals surface area contributed by atoms with Crippen molar-refractivity contribution in [2.75, 3.05) is 12.4 Å². The molecule has 0 aliphatic rings. The second-order valence-corrected chi connectivity index (χ2v) is 5.87. The standard InChI is InChI=1S/C20H20N2O3/c1-14(23)15-3-5-17(6-4-15)21-20(24)10-12-22-11-9-16-13-18(25-2)7-8-19(16)22/h3-9,11,13H,10,12H2,1-2H3,(H,21,24). The predicted octanol–water partition coefficient (Wildman–Crippen LogP) is 3.88. The Kier molecular flexibility index (Phi) is 4.84. The lowest BCUT2D eigenvalue weighted by molar-refractivity contribution is -0.116. The summed E-state index contributed by atoms with van der Waals surface area (Å²) in [5.74, 6) is 0.761. The van der Waals surface area contributed by atoms with Crippen LogP contribution in [-0.2, 0) is 11.3 Å². The smallest absolute Gasteiger partial charge is 0.226 e. The first kappa shape index (κ1) is 16.8. The number of nitrogens with one attached hydrogen (secondary N) is 1. The number of nitrogens with zero attached hydrogens (tertiary/aromatic N) is 1. The fourth-order valence-corrected chi connectivity index (χ4v) is 2.73. The second-order valence-electron chi connectivity index (χ2n) is 5.87. The third kappa shape index (κ3) is 3.88. The lowest BCUT2D eigenvalue weighted by atomic mass is 10.1. The van der Waals surface area contributed by atoms with Crippen LogP contribution in [0.15, 0.2) is 54.7 Å². The molecule has 0 spiro atoms. The Bertz CT molecular complexity index is 910. The Labute approximate surface area is 146 Å². The van der Waals surface area contributed by atoms with Crippen LogP contribution in [0.1, 0.15) is 23.7 Å². The highest BCUT2D eigenvalue weighted by molar-refractivity contribution is 5.95. The van der Waals surface area contributed by atoms with Gasteiger partial charge >= 0.3 is 0 Å². The van der Waals surface area contributed by atoms with E-state index in [-0.39, 0.29) is 11.7 Å². The van der Waals surface area contributed by atoms with Crippen LogP contribution >= 0.6 is 0 Å². The van der Waals surface area contributed by atoms with Crippen molar-refractivity contribution in [1.29, 1.82) is 0 Å². The first-order chi connectivity index (χ1) is 12.1. The van der Waals surface area contributed by atoms with Gasteiger partial charge in [-0.15, -0.1) is 0 Å². The number of fused-ring (bicyclic) bond motifs is 1. The van der Waals surface area contributed by atoms with Crippen molar-refractivity contribution in [3.05, 3.63) is 60.3 Å². The maximum Gasteiger partial charge on any atom is 0.226 e. The third-order valence-corrected chi connectivity index (χ3v) is 4.13. The van der Waals surface area contributed by atoms with Gasteiger partial charge in [0, 0.05) is 41.3 Å². The molecule has 5 nitrogen and oxygen atoms in total. The summed E-state index contributed by atoms with van der Waals surface area (Å²) in [6.45, 7) is 2.11. The summed E-state index contributed by atoms with van der Waals surface area (Å²) in [7, 11) is 1.64. The first-order valence-electron chi connectivity index (χ1n) is 8.10. The van der Waals surface area contributed by atoms with Crippen molar-refractivity contribution in [3.63, 3.8) is 0 Å². The van der Waals surface area contributed by atoms with E-state index in [2.05, 4.69) is 5.32 Å². The number of ether oxygens (including phenoxy) is 1. The molecule has 0 aliphatic carbocycles. The van der Waals surface area contributed by atoms with Crippen LogP contribution in [0.5, 0.6) is 5.75 Å². The van der Waals surface area contributed by atoms with Gasteiger partial charge in [0.1, 0.15) is 5.75 Å². The predicted molar refractivity (Wildman–Crippen MR) is 98.2 cm³/mol. The van der Waals surface area contributed by atoms with E-state index in [1.54, 1.807) is 31.4 Å². The number of carbonyl (C=O) groups is 2. The molecule has 0 atom stereocenters. The summed E-state index contributed by atoms with van der Waals surface area (Å²) >= 11 is 0. The third-order valence-electron chi connectivity index (χ3n) is 4.13.